The van der Waals surface area contributed by atoms with E-state index in [1.807, 2.05) is 6.92 Å². The Morgan fingerprint density at radius 1 is 1.44 bits per heavy atom. The summed E-state index contributed by atoms with van der Waals surface area (Å²) in [5, 5.41) is 4.05. The summed E-state index contributed by atoms with van der Waals surface area (Å²) in [7, 11) is 0. The third-order valence-corrected chi connectivity index (χ3v) is 2.47. The molecule has 0 bridgehead atoms. The minimum Gasteiger partial charge on any atom is -0.399 e. The molecular formula is C12H13N3O. The molecule has 0 aliphatic heterocycles. The molecular weight excluding hydrogens is 202 g/mol. The molecule has 1 aromatic heterocycles. The van der Waals surface area contributed by atoms with Gasteiger partial charge < -0.3 is 5.73 Å². The van der Waals surface area contributed by atoms with Gasteiger partial charge in [-0.25, -0.2) is 0 Å². The van der Waals surface area contributed by atoms with E-state index in [2.05, 4.69) is 5.10 Å². The minimum atomic E-state index is -0.309. The molecule has 0 aliphatic carbocycles. The number of carbonyl (C=O) groups is 1. The zero-order valence-corrected chi connectivity index (χ0v) is 9.00. The fourth-order valence-electron chi connectivity index (χ4n) is 1.56. The number of hydrogen-bond donors (Lipinski definition) is 1. The molecule has 0 aliphatic rings. The molecule has 0 fully saturated rings. The maximum Gasteiger partial charge on any atom is 0.187 e. The molecule has 4 nitrogen and oxygen atoms in total. The van der Waals surface area contributed by atoms with Gasteiger partial charge in [0.1, 0.15) is 6.04 Å². The van der Waals surface area contributed by atoms with Gasteiger partial charge >= 0.3 is 0 Å². The Bertz CT molecular complexity index is 491. The number of aromatic nitrogens is 2. The summed E-state index contributed by atoms with van der Waals surface area (Å²) in [5.74, 6) is 0.0102. The van der Waals surface area contributed by atoms with Crippen molar-refractivity contribution in [1.29, 1.82) is 0 Å². The number of Topliss-reactive ketones (excluding diaryl/α,β-unsaturated/α-hetero) is 1. The normalized spacial score (nSPS) is 12.3. The highest BCUT2D eigenvalue weighted by molar-refractivity contribution is 5.99. The maximum absolute atomic E-state index is 12.1. The Labute approximate surface area is 93.7 Å². The SMILES string of the molecule is CC(C(=O)c1cccc(N)c1)n1cccn1. The van der Waals surface area contributed by atoms with Crippen LogP contribution in [0.4, 0.5) is 5.69 Å². The number of nitrogen functional groups attached to an aromatic ring is 1. The summed E-state index contributed by atoms with van der Waals surface area (Å²) in [4.78, 5) is 12.1. The van der Waals surface area contributed by atoms with Crippen molar-refractivity contribution >= 4 is 11.5 Å². The van der Waals surface area contributed by atoms with E-state index in [0.29, 0.717) is 11.3 Å². The van der Waals surface area contributed by atoms with Crippen LogP contribution in [0.15, 0.2) is 42.7 Å². The fraction of sp³-hybridized carbons (Fsp3) is 0.167. The Morgan fingerprint density at radius 2 is 2.25 bits per heavy atom. The maximum atomic E-state index is 12.1. The fourth-order valence-corrected chi connectivity index (χ4v) is 1.56. The van der Waals surface area contributed by atoms with E-state index < -0.39 is 0 Å². The van der Waals surface area contributed by atoms with Gasteiger partial charge in [0, 0.05) is 23.6 Å². The van der Waals surface area contributed by atoms with Crippen LogP contribution >= 0.6 is 0 Å². The van der Waals surface area contributed by atoms with Crippen molar-refractivity contribution in [1.82, 2.24) is 9.78 Å². The first-order valence-electron chi connectivity index (χ1n) is 5.07. The molecule has 0 saturated carbocycles. The third-order valence-electron chi connectivity index (χ3n) is 2.47. The van der Waals surface area contributed by atoms with Gasteiger partial charge in [-0.1, -0.05) is 12.1 Å². The molecule has 1 atom stereocenters. The lowest BCUT2D eigenvalue weighted by Crippen LogP contribution is -2.17. The van der Waals surface area contributed by atoms with Crippen molar-refractivity contribution in [2.45, 2.75) is 13.0 Å². The van der Waals surface area contributed by atoms with Crippen LogP contribution in [-0.4, -0.2) is 15.6 Å². The van der Waals surface area contributed by atoms with E-state index in [4.69, 9.17) is 5.73 Å². The second-order valence-corrected chi connectivity index (χ2v) is 3.65. The van der Waals surface area contributed by atoms with E-state index >= 15 is 0 Å². The summed E-state index contributed by atoms with van der Waals surface area (Å²) in [5.41, 5.74) is 6.85. The Hall–Kier alpha value is -2.10. The molecule has 2 rings (SSSR count). The first-order chi connectivity index (χ1) is 7.68. The van der Waals surface area contributed by atoms with Crippen LogP contribution < -0.4 is 5.73 Å². The average Bonchev–Trinajstić information content (AvgIpc) is 2.80. The largest absolute Gasteiger partial charge is 0.399 e. The van der Waals surface area contributed by atoms with Gasteiger partial charge in [0.25, 0.3) is 0 Å². The highest BCUT2D eigenvalue weighted by atomic mass is 16.1. The topological polar surface area (TPSA) is 60.9 Å². The predicted octanol–water partition coefficient (Wildman–Crippen LogP) is 1.91. The number of nitrogens with zero attached hydrogens (tertiary/aromatic N) is 2. The first kappa shape index (κ1) is 10.4. The smallest absolute Gasteiger partial charge is 0.187 e. The number of hydrogen-bond acceptors (Lipinski definition) is 3. The quantitative estimate of drug-likeness (QED) is 0.628. The number of ketones is 1. The van der Waals surface area contributed by atoms with Gasteiger partial charge in [0.15, 0.2) is 5.78 Å². The van der Waals surface area contributed by atoms with Gasteiger partial charge in [-0.05, 0) is 25.1 Å². The van der Waals surface area contributed by atoms with Crippen LogP contribution in [0.5, 0.6) is 0 Å². The number of nitrogens with two attached hydrogens (primary N) is 1. The summed E-state index contributed by atoms with van der Waals surface area (Å²) >= 11 is 0. The van der Waals surface area contributed by atoms with E-state index in [9.17, 15) is 4.79 Å². The van der Waals surface area contributed by atoms with Crippen LogP contribution in [-0.2, 0) is 0 Å². The predicted molar refractivity (Wildman–Crippen MR) is 62.1 cm³/mol. The van der Waals surface area contributed by atoms with Crippen molar-refractivity contribution < 1.29 is 4.79 Å². The lowest BCUT2D eigenvalue weighted by molar-refractivity contribution is 0.0928. The van der Waals surface area contributed by atoms with Crippen molar-refractivity contribution in [3.8, 4) is 0 Å². The van der Waals surface area contributed by atoms with Gasteiger partial charge in [-0.15, -0.1) is 0 Å². The lowest BCUT2D eigenvalue weighted by atomic mass is 10.1. The molecule has 1 aromatic carbocycles. The summed E-state index contributed by atoms with van der Waals surface area (Å²) in [6, 6.07) is 8.47. The summed E-state index contributed by atoms with van der Waals surface area (Å²) in [6.45, 7) is 1.82. The number of benzene rings is 1. The second-order valence-electron chi connectivity index (χ2n) is 3.65. The molecule has 82 valence electrons. The van der Waals surface area contributed by atoms with Crippen molar-refractivity contribution in [3.63, 3.8) is 0 Å². The molecule has 1 unspecified atom stereocenters. The molecule has 0 radical (unpaired) electrons. The van der Waals surface area contributed by atoms with Crippen molar-refractivity contribution in [2.75, 3.05) is 5.73 Å². The number of rotatable bonds is 3. The summed E-state index contributed by atoms with van der Waals surface area (Å²) < 4.78 is 1.63. The van der Waals surface area contributed by atoms with E-state index in [0.717, 1.165) is 0 Å². The molecule has 4 heteroatoms. The van der Waals surface area contributed by atoms with Crippen molar-refractivity contribution in [3.05, 3.63) is 48.3 Å². The van der Waals surface area contributed by atoms with Crippen LogP contribution in [0.3, 0.4) is 0 Å². The standard InChI is InChI=1S/C12H13N3O/c1-9(15-7-3-6-14-15)12(16)10-4-2-5-11(13)8-10/h2-9H,13H2,1H3. The van der Waals surface area contributed by atoms with Gasteiger partial charge in [0.2, 0.25) is 0 Å². The Balaban J connectivity index is 2.26. The zero-order valence-electron chi connectivity index (χ0n) is 9.00. The van der Waals surface area contributed by atoms with E-state index in [1.54, 1.807) is 47.4 Å². The highest BCUT2D eigenvalue weighted by Crippen LogP contribution is 2.15. The van der Waals surface area contributed by atoms with Crippen LogP contribution in [0.1, 0.15) is 23.3 Å². The van der Waals surface area contributed by atoms with Crippen LogP contribution in [0.25, 0.3) is 0 Å². The molecule has 1 heterocycles. The zero-order chi connectivity index (χ0) is 11.5. The molecule has 0 amide bonds. The summed E-state index contributed by atoms with van der Waals surface area (Å²) in [6.07, 6.45) is 3.43. The van der Waals surface area contributed by atoms with Gasteiger partial charge in [0.05, 0.1) is 0 Å². The molecule has 2 N–H and O–H groups in total. The second kappa shape index (κ2) is 4.18. The van der Waals surface area contributed by atoms with Crippen molar-refractivity contribution in [2.24, 2.45) is 0 Å². The number of anilines is 1. The first-order valence-corrected chi connectivity index (χ1v) is 5.07. The molecule has 0 spiro atoms. The molecule has 16 heavy (non-hydrogen) atoms. The van der Waals surface area contributed by atoms with Crippen LogP contribution in [0, 0.1) is 0 Å². The Kier molecular flexibility index (Phi) is 2.72. The van der Waals surface area contributed by atoms with Crippen LogP contribution in [0.2, 0.25) is 0 Å². The lowest BCUT2D eigenvalue weighted by Gasteiger charge is -2.11. The van der Waals surface area contributed by atoms with E-state index in [-0.39, 0.29) is 11.8 Å². The van der Waals surface area contributed by atoms with Gasteiger partial charge in [-0.2, -0.15) is 5.10 Å². The van der Waals surface area contributed by atoms with E-state index in [1.165, 1.54) is 0 Å². The number of carbonyl (C=O) groups excluding carboxylic acids is 1. The molecule has 0 saturated heterocycles. The highest BCUT2D eigenvalue weighted by Gasteiger charge is 2.16. The third kappa shape index (κ3) is 1.95. The Morgan fingerprint density at radius 3 is 2.88 bits per heavy atom. The molecule has 2 aromatic rings. The average molecular weight is 215 g/mol. The monoisotopic (exact) mass is 215 g/mol. The minimum absolute atomic E-state index is 0.0102. The van der Waals surface area contributed by atoms with Gasteiger partial charge in [-0.3, -0.25) is 9.48 Å².